The Morgan fingerprint density at radius 1 is 1.08 bits per heavy atom. The normalized spacial score (nSPS) is 14.5. The highest BCUT2D eigenvalue weighted by Gasteiger charge is 2.41. The Labute approximate surface area is 86.7 Å². The summed E-state index contributed by atoms with van der Waals surface area (Å²) in [6, 6.07) is 0. The van der Waals surface area contributed by atoms with Crippen molar-refractivity contribution in [3.8, 4) is 0 Å². The van der Waals surface area contributed by atoms with E-state index in [2.05, 4.69) is 15.9 Å². The quantitative estimate of drug-likeness (QED) is 0.519. The van der Waals surface area contributed by atoms with Crippen LogP contribution >= 0.6 is 15.9 Å². The van der Waals surface area contributed by atoms with Gasteiger partial charge < -0.3 is 14.2 Å². The average Bonchev–Trinajstić information content (AvgIpc) is 2.05. The summed E-state index contributed by atoms with van der Waals surface area (Å²) in [4.78, 5) is 0. The third-order valence-corrected chi connectivity index (χ3v) is 1.86. The lowest BCUT2D eigenvalue weighted by atomic mass is 10.5. The Morgan fingerprint density at radius 3 is 1.54 bits per heavy atom. The van der Waals surface area contributed by atoms with Crippen LogP contribution in [0.3, 0.4) is 0 Å². The molecule has 0 radical (unpaired) electrons. The average molecular weight is 259 g/mol. The number of rotatable bonds is 7. The van der Waals surface area contributed by atoms with Crippen molar-refractivity contribution in [3.63, 3.8) is 0 Å². The summed E-state index contributed by atoms with van der Waals surface area (Å²) in [5.41, 5.74) is 0. The Morgan fingerprint density at radius 2 is 1.38 bits per heavy atom. The molecule has 0 aromatic heterocycles. The monoisotopic (exact) mass is 258 g/mol. The third-order valence-electron chi connectivity index (χ3n) is 1.30. The molecule has 13 heavy (non-hydrogen) atoms. The minimum atomic E-state index is -1.60. The first-order valence-corrected chi connectivity index (χ1v) is 5.24. The van der Waals surface area contributed by atoms with E-state index in [4.69, 9.17) is 14.2 Å². The highest BCUT2D eigenvalue weighted by molar-refractivity contribution is 9.09. The van der Waals surface area contributed by atoms with Gasteiger partial charge in [-0.25, -0.2) is 4.39 Å². The molecule has 0 N–H and O–H groups in total. The van der Waals surface area contributed by atoms with Gasteiger partial charge in [-0.05, 0) is 36.7 Å². The van der Waals surface area contributed by atoms with Crippen molar-refractivity contribution in [1.82, 2.24) is 0 Å². The zero-order valence-corrected chi connectivity index (χ0v) is 9.77. The van der Waals surface area contributed by atoms with Gasteiger partial charge in [0.15, 0.2) is 0 Å². The predicted molar refractivity (Wildman–Crippen MR) is 51.4 cm³/mol. The largest absolute Gasteiger partial charge is 0.326 e. The van der Waals surface area contributed by atoms with E-state index in [-0.39, 0.29) is 0 Å². The lowest BCUT2D eigenvalue weighted by molar-refractivity contribution is -0.386. The molecule has 80 valence electrons. The van der Waals surface area contributed by atoms with Gasteiger partial charge in [0.05, 0.1) is 0 Å². The third kappa shape index (κ3) is 3.89. The second kappa shape index (κ2) is 6.70. The van der Waals surface area contributed by atoms with E-state index in [1.165, 1.54) is 0 Å². The first-order valence-electron chi connectivity index (χ1n) is 4.32. The number of hydrogen-bond acceptors (Lipinski definition) is 3. The topological polar surface area (TPSA) is 27.7 Å². The van der Waals surface area contributed by atoms with Gasteiger partial charge in [0.2, 0.25) is 5.08 Å². The van der Waals surface area contributed by atoms with Gasteiger partial charge in [0.25, 0.3) is 0 Å². The standard InChI is InChI=1S/C8H16BrFO3/c1-4-11-8(7(9)10,12-5-2)13-6-3/h7H,4-6H2,1-3H3. The molecule has 1 unspecified atom stereocenters. The maximum absolute atomic E-state index is 13.1. The van der Waals surface area contributed by atoms with Crippen molar-refractivity contribution < 1.29 is 18.6 Å². The molecule has 0 spiro atoms. The van der Waals surface area contributed by atoms with Gasteiger partial charge in [0.1, 0.15) is 0 Å². The highest BCUT2D eigenvalue weighted by Crippen LogP contribution is 2.27. The molecular formula is C8H16BrFO3. The molecule has 5 heteroatoms. The van der Waals surface area contributed by atoms with Gasteiger partial charge in [-0.2, -0.15) is 0 Å². The lowest BCUT2D eigenvalue weighted by Gasteiger charge is -2.32. The Balaban J connectivity index is 4.38. The number of halogens is 2. The molecule has 3 nitrogen and oxygen atoms in total. The van der Waals surface area contributed by atoms with E-state index in [0.29, 0.717) is 19.8 Å². The van der Waals surface area contributed by atoms with Gasteiger partial charge in [-0.3, -0.25) is 0 Å². The highest BCUT2D eigenvalue weighted by atomic mass is 79.9. The molecular weight excluding hydrogens is 243 g/mol. The number of ether oxygens (including phenoxy) is 3. The molecule has 0 aliphatic heterocycles. The summed E-state index contributed by atoms with van der Waals surface area (Å²) in [6.07, 6.45) is 0. The van der Waals surface area contributed by atoms with Crippen LogP contribution in [0.15, 0.2) is 0 Å². The van der Waals surface area contributed by atoms with Crippen molar-refractivity contribution in [3.05, 3.63) is 0 Å². The summed E-state index contributed by atoms with van der Waals surface area (Å²) in [7, 11) is 0. The molecule has 0 amide bonds. The Hall–Kier alpha value is 0.290. The van der Waals surface area contributed by atoms with E-state index in [1.54, 1.807) is 20.8 Å². The fraction of sp³-hybridized carbons (Fsp3) is 1.00. The lowest BCUT2D eigenvalue weighted by Crippen LogP contribution is -2.45. The van der Waals surface area contributed by atoms with Crippen LogP contribution in [0.2, 0.25) is 0 Å². The molecule has 0 saturated carbocycles. The fourth-order valence-corrected chi connectivity index (χ4v) is 1.31. The van der Waals surface area contributed by atoms with E-state index in [9.17, 15) is 4.39 Å². The second-order valence-corrected chi connectivity index (χ2v) is 3.01. The van der Waals surface area contributed by atoms with E-state index in [1.807, 2.05) is 0 Å². The smallest absolute Gasteiger partial charge is 0.325 e. The van der Waals surface area contributed by atoms with Crippen LogP contribution in [0.5, 0.6) is 0 Å². The fourth-order valence-electron chi connectivity index (χ4n) is 0.918. The molecule has 0 aromatic rings. The molecule has 0 bridgehead atoms. The first-order chi connectivity index (χ1) is 6.13. The minimum absolute atomic E-state index is 0.325. The number of alkyl halides is 2. The molecule has 0 saturated heterocycles. The van der Waals surface area contributed by atoms with Crippen LogP contribution in [-0.4, -0.2) is 30.9 Å². The summed E-state index contributed by atoms with van der Waals surface area (Å²) < 4.78 is 28.4. The van der Waals surface area contributed by atoms with Crippen molar-refractivity contribution in [2.75, 3.05) is 19.8 Å². The van der Waals surface area contributed by atoms with E-state index < -0.39 is 11.1 Å². The van der Waals surface area contributed by atoms with Gasteiger partial charge in [-0.1, -0.05) is 0 Å². The SMILES string of the molecule is CCOC(OCC)(OCC)C(F)Br. The molecule has 0 heterocycles. The van der Waals surface area contributed by atoms with E-state index >= 15 is 0 Å². The minimum Gasteiger partial charge on any atom is -0.325 e. The summed E-state index contributed by atoms with van der Waals surface area (Å²) in [5, 5.41) is -1.50. The molecule has 0 aliphatic rings. The maximum Gasteiger partial charge on any atom is 0.326 e. The first kappa shape index (κ1) is 13.3. The van der Waals surface area contributed by atoms with Crippen molar-refractivity contribution in [2.45, 2.75) is 31.8 Å². The second-order valence-electron chi connectivity index (χ2n) is 2.20. The van der Waals surface area contributed by atoms with Crippen LogP contribution in [0.1, 0.15) is 20.8 Å². The van der Waals surface area contributed by atoms with E-state index in [0.717, 1.165) is 0 Å². The van der Waals surface area contributed by atoms with Gasteiger partial charge >= 0.3 is 5.97 Å². The maximum atomic E-state index is 13.1. The predicted octanol–water partition coefficient (Wildman–Crippen LogP) is 2.44. The number of hydrogen-bond donors (Lipinski definition) is 0. The summed E-state index contributed by atoms with van der Waals surface area (Å²) in [5.74, 6) is -1.60. The van der Waals surface area contributed by atoms with Crippen LogP contribution in [0, 0.1) is 0 Å². The zero-order chi connectivity index (χ0) is 10.3. The van der Waals surface area contributed by atoms with Crippen LogP contribution < -0.4 is 0 Å². The summed E-state index contributed by atoms with van der Waals surface area (Å²) >= 11 is 2.76. The molecule has 1 atom stereocenters. The Bertz CT molecular complexity index is 116. The van der Waals surface area contributed by atoms with Crippen molar-refractivity contribution in [2.24, 2.45) is 0 Å². The van der Waals surface area contributed by atoms with Crippen molar-refractivity contribution in [1.29, 1.82) is 0 Å². The van der Waals surface area contributed by atoms with Crippen LogP contribution in [0.4, 0.5) is 4.39 Å². The van der Waals surface area contributed by atoms with Gasteiger partial charge in [0, 0.05) is 19.8 Å². The molecule has 0 rings (SSSR count). The van der Waals surface area contributed by atoms with Crippen LogP contribution in [-0.2, 0) is 14.2 Å². The summed E-state index contributed by atoms with van der Waals surface area (Å²) in [6.45, 7) is 6.23. The van der Waals surface area contributed by atoms with Crippen LogP contribution in [0.25, 0.3) is 0 Å². The molecule has 0 aromatic carbocycles. The van der Waals surface area contributed by atoms with Gasteiger partial charge in [-0.15, -0.1) is 0 Å². The Kier molecular flexibility index (Phi) is 6.85. The molecule has 0 aliphatic carbocycles. The molecule has 0 fully saturated rings. The van der Waals surface area contributed by atoms with Crippen molar-refractivity contribution >= 4 is 15.9 Å². The zero-order valence-electron chi connectivity index (χ0n) is 8.18.